The molecule has 0 saturated carbocycles. The van der Waals surface area contributed by atoms with Crippen molar-refractivity contribution in [1.29, 1.82) is 10.5 Å². The molecule has 0 atom stereocenters. The summed E-state index contributed by atoms with van der Waals surface area (Å²) in [5, 5.41) is 17.0. The van der Waals surface area contributed by atoms with Crippen LogP contribution in [0.2, 0.25) is 0 Å². The zero-order valence-corrected chi connectivity index (χ0v) is 8.95. The Hall–Kier alpha value is -1.72. The molecule has 0 heterocycles. The number of benzene rings is 1. The molecule has 0 radical (unpaired) electrons. The van der Waals surface area contributed by atoms with Gasteiger partial charge in [0, 0.05) is 5.56 Å². The summed E-state index contributed by atoms with van der Waals surface area (Å²) in [6.07, 6.45) is 0. The van der Waals surface area contributed by atoms with E-state index in [1.165, 1.54) is 12.1 Å². The number of nitrogens with zero attached hydrogens (tertiary/aromatic N) is 2. The van der Waals surface area contributed by atoms with Crippen molar-refractivity contribution in [3.05, 3.63) is 34.1 Å². The van der Waals surface area contributed by atoms with Gasteiger partial charge < -0.3 is 0 Å². The molecule has 1 rings (SSSR count). The Morgan fingerprint density at radius 3 is 2.47 bits per heavy atom. The maximum atomic E-state index is 12.8. The van der Waals surface area contributed by atoms with Crippen molar-refractivity contribution in [2.24, 2.45) is 5.92 Å². The highest BCUT2D eigenvalue weighted by atomic mass is 79.9. The molecule has 0 aliphatic heterocycles. The number of Topliss-reactive ketones (excluding diaryl/α,β-unsaturated/α-hetero) is 1. The lowest BCUT2D eigenvalue weighted by Crippen LogP contribution is -2.10. The lowest BCUT2D eigenvalue weighted by molar-refractivity contribution is 0.0971. The minimum Gasteiger partial charge on any atom is -0.291 e. The highest BCUT2D eigenvalue weighted by Gasteiger charge is 2.19. The topological polar surface area (TPSA) is 64.7 Å². The highest BCUT2D eigenvalue weighted by Crippen LogP contribution is 2.18. The Bertz CT molecular complexity index is 473. The van der Waals surface area contributed by atoms with Crippen molar-refractivity contribution in [3.63, 3.8) is 0 Å². The first-order valence-electron chi connectivity index (χ1n) is 3.88. The normalized spacial score (nSPS) is 9.40. The van der Waals surface area contributed by atoms with E-state index in [4.69, 9.17) is 10.5 Å². The predicted octanol–water partition coefficient (Wildman–Crippen LogP) is 2.43. The zero-order valence-electron chi connectivity index (χ0n) is 7.37. The van der Waals surface area contributed by atoms with Gasteiger partial charge in [-0.25, -0.2) is 4.39 Å². The van der Waals surface area contributed by atoms with Crippen LogP contribution < -0.4 is 0 Å². The molecule has 0 unspecified atom stereocenters. The number of hydrogen-bond acceptors (Lipinski definition) is 3. The minimum absolute atomic E-state index is 0.128. The smallest absolute Gasteiger partial charge is 0.195 e. The number of nitriles is 2. The summed E-state index contributed by atoms with van der Waals surface area (Å²) in [4.78, 5) is 11.5. The number of carbonyl (C=O) groups excluding carboxylic acids is 1. The summed E-state index contributed by atoms with van der Waals surface area (Å²) in [6, 6.07) is 6.72. The Kier molecular flexibility index (Phi) is 3.54. The fourth-order valence-corrected chi connectivity index (χ4v) is 1.34. The molecule has 0 aliphatic rings. The van der Waals surface area contributed by atoms with Crippen molar-refractivity contribution in [3.8, 4) is 12.1 Å². The van der Waals surface area contributed by atoms with Crippen LogP contribution in [0.25, 0.3) is 0 Å². The number of ketones is 1. The van der Waals surface area contributed by atoms with E-state index in [9.17, 15) is 9.18 Å². The van der Waals surface area contributed by atoms with Gasteiger partial charge in [-0.05, 0) is 34.1 Å². The van der Waals surface area contributed by atoms with Crippen LogP contribution in [0.1, 0.15) is 10.4 Å². The van der Waals surface area contributed by atoms with Gasteiger partial charge in [0.25, 0.3) is 0 Å². The molecule has 1 aromatic carbocycles. The van der Waals surface area contributed by atoms with Gasteiger partial charge in [-0.2, -0.15) is 10.5 Å². The molecule has 0 bridgehead atoms. The average molecular weight is 267 g/mol. The third-order valence-corrected chi connectivity index (χ3v) is 2.33. The molecular formula is C10H4BrFN2O. The maximum Gasteiger partial charge on any atom is 0.195 e. The molecule has 5 heteroatoms. The second-order valence-corrected chi connectivity index (χ2v) is 3.54. The summed E-state index contributed by atoms with van der Waals surface area (Å²) in [6.45, 7) is 0. The van der Waals surface area contributed by atoms with Crippen molar-refractivity contribution < 1.29 is 9.18 Å². The van der Waals surface area contributed by atoms with Gasteiger partial charge in [0.1, 0.15) is 5.82 Å². The van der Waals surface area contributed by atoms with Crippen LogP contribution >= 0.6 is 15.9 Å². The fourth-order valence-electron chi connectivity index (χ4n) is 0.962. The molecule has 0 aliphatic carbocycles. The SMILES string of the molecule is N#CC(C#N)C(=O)c1ccc(F)c(Br)c1. The van der Waals surface area contributed by atoms with Crippen LogP contribution in [0.3, 0.4) is 0 Å². The van der Waals surface area contributed by atoms with E-state index < -0.39 is 17.5 Å². The van der Waals surface area contributed by atoms with Crippen molar-refractivity contribution in [1.82, 2.24) is 0 Å². The van der Waals surface area contributed by atoms with Crippen LogP contribution in [-0.2, 0) is 0 Å². The molecule has 1 aromatic rings. The molecule has 0 fully saturated rings. The Labute approximate surface area is 93.9 Å². The number of halogens is 2. The number of rotatable bonds is 2. The van der Waals surface area contributed by atoms with Crippen molar-refractivity contribution >= 4 is 21.7 Å². The lowest BCUT2D eigenvalue weighted by Gasteiger charge is -2.01. The highest BCUT2D eigenvalue weighted by molar-refractivity contribution is 9.10. The van der Waals surface area contributed by atoms with Crippen molar-refractivity contribution in [2.75, 3.05) is 0 Å². The van der Waals surface area contributed by atoms with Crippen LogP contribution in [0.4, 0.5) is 4.39 Å². The fraction of sp³-hybridized carbons (Fsp3) is 0.100. The monoisotopic (exact) mass is 266 g/mol. The third-order valence-electron chi connectivity index (χ3n) is 1.72. The van der Waals surface area contributed by atoms with Gasteiger partial charge in [0.2, 0.25) is 0 Å². The zero-order chi connectivity index (χ0) is 11.4. The van der Waals surface area contributed by atoms with Gasteiger partial charge in [-0.1, -0.05) is 0 Å². The van der Waals surface area contributed by atoms with E-state index in [0.717, 1.165) is 6.07 Å². The Morgan fingerprint density at radius 1 is 1.40 bits per heavy atom. The summed E-state index contributed by atoms with van der Waals surface area (Å²) in [5.74, 6) is -2.47. The summed E-state index contributed by atoms with van der Waals surface area (Å²) in [7, 11) is 0. The second kappa shape index (κ2) is 4.68. The first-order valence-corrected chi connectivity index (χ1v) is 4.68. The quantitative estimate of drug-likeness (QED) is 0.773. The van der Waals surface area contributed by atoms with Gasteiger partial charge in [-0.15, -0.1) is 0 Å². The molecule has 0 spiro atoms. The van der Waals surface area contributed by atoms with E-state index >= 15 is 0 Å². The molecular weight excluding hydrogens is 263 g/mol. The molecule has 0 amide bonds. The summed E-state index contributed by atoms with van der Waals surface area (Å²) >= 11 is 2.91. The van der Waals surface area contributed by atoms with Gasteiger partial charge in [-0.3, -0.25) is 4.79 Å². The standard InChI is InChI=1S/C10H4BrFN2O/c11-8-3-6(1-2-9(8)12)10(15)7(4-13)5-14/h1-3,7H. The summed E-state index contributed by atoms with van der Waals surface area (Å²) in [5.41, 5.74) is 0.136. The van der Waals surface area contributed by atoms with E-state index in [1.54, 1.807) is 12.1 Å². The number of carbonyl (C=O) groups is 1. The van der Waals surface area contributed by atoms with Crippen LogP contribution in [0.5, 0.6) is 0 Å². The predicted molar refractivity (Wildman–Crippen MR) is 53.1 cm³/mol. The Morgan fingerprint density at radius 2 is 2.00 bits per heavy atom. The molecule has 0 aromatic heterocycles. The van der Waals surface area contributed by atoms with E-state index in [-0.39, 0.29) is 10.0 Å². The first kappa shape index (κ1) is 11.4. The lowest BCUT2D eigenvalue weighted by atomic mass is 10.0. The van der Waals surface area contributed by atoms with E-state index in [2.05, 4.69) is 15.9 Å². The molecule has 74 valence electrons. The van der Waals surface area contributed by atoms with Crippen LogP contribution in [-0.4, -0.2) is 5.78 Å². The first-order chi connectivity index (χ1) is 7.10. The van der Waals surface area contributed by atoms with E-state index in [1.807, 2.05) is 0 Å². The minimum atomic E-state index is -1.35. The average Bonchev–Trinajstić information content (AvgIpc) is 2.23. The van der Waals surface area contributed by atoms with Crippen LogP contribution in [0.15, 0.2) is 22.7 Å². The van der Waals surface area contributed by atoms with Crippen molar-refractivity contribution in [2.45, 2.75) is 0 Å². The maximum absolute atomic E-state index is 12.8. The van der Waals surface area contributed by atoms with Gasteiger partial charge in [0.05, 0.1) is 16.6 Å². The van der Waals surface area contributed by atoms with Gasteiger partial charge in [0.15, 0.2) is 11.7 Å². The Balaban J connectivity index is 3.09. The second-order valence-electron chi connectivity index (χ2n) is 2.68. The summed E-state index contributed by atoms with van der Waals surface area (Å²) < 4.78 is 13.0. The van der Waals surface area contributed by atoms with E-state index in [0.29, 0.717) is 0 Å². The van der Waals surface area contributed by atoms with Gasteiger partial charge >= 0.3 is 0 Å². The molecule has 15 heavy (non-hydrogen) atoms. The number of hydrogen-bond donors (Lipinski definition) is 0. The van der Waals surface area contributed by atoms with Crippen LogP contribution in [0, 0.1) is 34.4 Å². The molecule has 3 nitrogen and oxygen atoms in total. The molecule has 0 N–H and O–H groups in total. The largest absolute Gasteiger partial charge is 0.291 e. The molecule has 0 saturated heterocycles. The third kappa shape index (κ3) is 2.39.